The fourth-order valence-corrected chi connectivity index (χ4v) is 2.99. The van der Waals surface area contributed by atoms with Crippen LogP contribution in [-0.2, 0) is 11.3 Å². The molecule has 0 spiro atoms. The topological polar surface area (TPSA) is 119 Å². The number of halogens is 2. The van der Waals surface area contributed by atoms with Gasteiger partial charge in [0.1, 0.15) is 5.82 Å². The number of hydrogen-bond acceptors (Lipinski definition) is 5. The van der Waals surface area contributed by atoms with E-state index in [4.69, 9.17) is 23.2 Å². The molecule has 2 amide bonds. The smallest absolute Gasteiger partial charge is 0.270 e. The van der Waals surface area contributed by atoms with Gasteiger partial charge in [-0.3, -0.25) is 19.7 Å². The Bertz CT molecular complexity index is 1120. The Hall–Kier alpha value is -3.43. The molecule has 0 unspecified atom stereocenters. The standard InChI is InChI=1S/C19H15Cl2N5O4/c20-15-6-2-4-13(18(15)21)11-25-16(7-8-23-25)24-17(27)10-22-19(28)12-3-1-5-14(9-12)26(29)30/h1-9H,10-11H2,(H,22,28)(H,24,27). The van der Waals surface area contributed by atoms with Gasteiger partial charge in [0, 0.05) is 23.8 Å². The number of rotatable bonds is 7. The largest absolute Gasteiger partial charge is 0.343 e. The molecule has 0 saturated heterocycles. The van der Waals surface area contributed by atoms with E-state index in [0.29, 0.717) is 15.9 Å². The molecular weight excluding hydrogens is 433 g/mol. The molecule has 2 N–H and O–H groups in total. The van der Waals surface area contributed by atoms with Crippen molar-refractivity contribution in [1.82, 2.24) is 15.1 Å². The molecule has 0 fully saturated rings. The summed E-state index contributed by atoms with van der Waals surface area (Å²) in [7, 11) is 0. The van der Waals surface area contributed by atoms with E-state index in [1.165, 1.54) is 29.1 Å². The van der Waals surface area contributed by atoms with Crippen LogP contribution in [0.25, 0.3) is 0 Å². The number of nitro benzene ring substituents is 1. The SMILES string of the molecule is O=C(CNC(=O)c1cccc([N+](=O)[O-])c1)Nc1ccnn1Cc1cccc(Cl)c1Cl. The average Bonchev–Trinajstić information content (AvgIpc) is 3.16. The Balaban J connectivity index is 1.60. The number of nitrogens with zero attached hydrogens (tertiary/aromatic N) is 3. The number of hydrogen-bond donors (Lipinski definition) is 2. The molecule has 9 nitrogen and oxygen atoms in total. The molecule has 3 aromatic rings. The van der Waals surface area contributed by atoms with Crippen LogP contribution in [0.2, 0.25) is 10.0 Å². The van der Waals surface area contributed by atoms with E-state index in [9.17, 15) is 19.7 Å². The van der Waals surface area contributed by atoms with Crippen molar-refractivity contribution < 1.29 is 14.5 Å². The zero-order valence-electron chi connectivity index (χ0n) is 15.3. The predicted octanol–water partition coefficient (Wildman–Crippen LogP) is 3.51. The Morgan fingerprint density at radius 2 is 1.90 bits per heavy atom. The summed E-state index contributed by atoms with van der Waals surface area (Å²) in [5.74, 6) is -0.693. The van der Waals surface area contributed by atoms with Crippen molar-refractivity contribution in [1.29, 1.82) is 0 Å². The summed E-state index contributed by atoms with van der Waals surface area (Å²) in [6.45, 7) is -0.0489. The Labute approximate surface area is 180 Å². The van der Waals surface area contributed by atoms with Crippen molar-refractivity contribution in [2.45, 2.75) is 6.54 Å². The molecule has 2 aromatic carbocycles. The molecule has 1 heterocycles. The van der Waals surface area contributed by atoms with E-state index in [2.05, 4.69) is 15.7 Å². The molecule has 0 atom stereocenters. The number of nitrogens with one attached hydrogen (secondary N) is 2. The number of anilines is 1. The summed E-state index contributed by atoms with van der Waals surface area (Å²) < 4.78 is 1.53. The molecule has 0 bridgehead atoms. The van der Waals surface area contributed by atoms with Gasteiger partial charge in [-0.2, -0.15) is 5.10 Å². The van der Waals surface area contributed by atoms with Crippen LogP contribution in [0.15, 0.2) is 54.7 Å². The second-order valence-electron chi connectivity index (χ2n) is 6.13. The van der Waals surface area contributed by atoms with Crippen molar-refractivity contribution in [3.63, 3.8) is 0 Å². The van der Waals surface area contributed by atoms with Crippen LogP contribution in [0, 0.1) is 10.1 Å². The molecule has 11 heteroatoms. The maximum atomic E-state index is 12.2. The number of non-ortho nitro benzene ring substituents is 1. The summed E-state index contributed by atoms with van der Waals surface area (Å²) in [6.07, 6.45) is 1.51. The van der Waals surface area contributed by atoms with Gasteiger partial charge < -0.3 is 10.6 Å². The third-order valence-corrected chi connectivity index (χ3v) is 4.92. The molecule has 1 aromatic heterocycles. The van der Waals surface area contributed by atoms with Gasteiger partial charge in [-0.05, 0) is 17.7 Å². The lowest BCUT2D eigenvalue weighted by Gasteiger charge is -2.11. The monoisotopic (exact) mass is 447 g/mol. The van der Waals surface area contributed by atoms with E-state index in [-0.39, 0.29) is 24.3 Å². The molecule has 0 aliphatic heterocycles. The van der Waals surface area contributed by atoms with Crippen molar-refractivity contribution >= 4 is 46.5 Å². The minimum absolute atomic E-state index is 0.0811. The first-order valence-electron chi connectivity index (χ1n) is 8.62. The molecule has 30 heavy (non-hydrogen) atoms. The third-order valence-electron chi connectivity index (χ3n) is 4.06. The van der Waals surface area contributed by atoms with Gasteiger partial charge in [0.15, 0.2) is 0 Å². The van der Waals surface area contributed by atoms with Crippen molar-refractivity contribution in [3.8, 4) is 0 Å². The van der Waals surface area contributed by atoms with Gasteiger partial charge in [0.25, 0.3) is 11.6 Å². The van der Waals surface area contributed by atoms with E-state index in [1.807, 2.05) is 0 Å². The van der Waals surface area contributed by atoms with Gasteiger partial charge >= 0.3 is 0 Å². The lowest BCUT2D eigenvalue weighted by Crippen LogP contribution is -2.33. The summed E-state index contributed by atoms with van der Waals surface area (Å²) >= 11 is 12.2. The quantitative estimate of drug-likeness (QED) is 0.424. The van der Waals surface area contributed by atoms with Gasteiger partial charge in [-0.15, -0.1) is 0 Å². The number of amides is 2. The molecule has 0 saturated carbocycles. The summed E-state index contributed by atoms with van der Waals surface area (Å²) in [5, 5.41) is 20.8. The average molecular weight is 448 g/mol. The predicted molar refractivity (Wildman–Crippen MR) is 112 cm³/mol. The van der Waals surface area contributed by atoms with Crippen LogP contribution in [0.3, 0.4) is 0 Å². The van der Waals surface area contributed by atoms with Crippen LogP contribution in [0.5, 0.6) is 0 Å². The van der Waals surface area contributed by atoms with Gasteiger partial charge in [-0.25, -0.2) is 4.68 Å². The fourth-order valence-electron chi connectivity index (χ4n) is 2.61. The third kappa shape index (κ3) is 5.13. The van der Waals surface area contributed by atoms with Crippen molar-refractivity contribution in [2.75, 3.05) is 11.9 Å². The number of carbonyl (C=O) groups excluding carboxylic acids is 2. The first-order chi connectivity index (χ1) is 14.3. The molecule has 0 radical (unpaired) electrons. The Morgan fingerprint density at radius 1 is 1.13 bits per heavy atom. The summed E-state index contributed by atoms with van der Waals surface area (Å²) in [5.41, 5.74) is 0.593. The highest BCUT2D eigenvalue weighted by Crippen LogP contribution is 2.26. The minimum Gasteiger partial charge on any atom is -0.343 e. The van der Waals surface area contributed by atoms with Gasteiger partial charge in [-0.1, -0.05) is 41.4 Å². The van der Waals surface area contributed by atoms with Gasteiger partial charge in [0.05, 0.1) is 34.3 Å². The van der Waals surface area contributed by atoms with Crippen molar-refractivity contribution in [3.05, 3.63) is 86.0 Å². The second-order valence-corrected chi connectivity index (χ2v) is 6.91. The maximum Gasteiger partial charge on any atom is 0.270 e. The van der Waals surface area contributed by atoms with E-state index in [0.717, 1.165) is 11.6 Å². The Morgan fingerprint density at radius 3 is 2.67 bits per heavy atom. The van der Waals surface area contributed by atoms with Crippen LogP contribution in [0.1, 0.15) is 15.9 Å². The highest BCUT2D eigenvalue weighted by Gasteiger charge is 2.14. The number of nitro groups is 1. The van der Waals surface area contributed by atoms with E-state index in [1.54, 1.807) is 24.3 Å². The fraction of sp³-hybridized carbons (Fsp3) is 0.105. The highest BCUT2D eigenvalue weighted by molar-refractivity contribution is 6.42. The molecule has 0 aliphatic carbocycles. The lowest BCUT2D eigenvalue weighted by molar-refractivity contribution is -0.384. The summed E-state index contributed by atoms with van der Waals surface area (Å²) in [6, 6.07) is 12.0. The molecule has 3 rings (SSSR count). The molecule has 0 aliphatic rings. The molecular formula is C19H15Cl2N5O4. The zero-order valence-corrected chi connectivity index (χ0v) is 16.9. The minimum atomic E-state index is -0.604. The highest BCUT2D eigenvalue weighted by atomic mass is 35.5. The number of carbonyl (C=O) groups is 2. The number of benzene rings is 2. The van der Waals surface area contributed by atoms with E-state index < -0.39 is 16.7 Å². The molecule has 154 valence electrons. The normalized spacial score (nSPS) is 10.5. The van der Waals surface area contributed by atoms with E-state index >= 15 is 0 Å². The summed E-state index contributed by atoms with van der Waals surface area (Å²) in [4.78, 5) is 34.6. The second kappa shape index (κ2) is 9.38. The van der Waals surface area contributed by atoms with Crippen LogP contribution < -0.4 is 10.6 Å². The first-order valence-corrected chi connectivity index (χ1v) is 9.38. The first kappa shape index (κ1) is 21.3. The lowest BCUT2D eigenvalue weighted by atomic mass is 10.2. The van der Waals surface area contributed by atoms with Crippen molar-refractivity contribution in [2.24, 2.45) is 0 Å². The zero-order chi connectivity index (χ0) is 21.7. The maximum absolute atomic E-state index is 12.2. The van der Waals surface area contributed by atoms with Crippen LogP contribution in [-0.4, -0.2) is 33.1 Å². The van der Waals surface area contributed by atoms with Crippen LogP contribution >= 0.6 is 23.2 Å². The number of aromatic nitrogens is 2. The Kier molecular flexibility index (Phi) is 6.65. The van der Waals surface area contributed by atoms with Crippen LogP contribution in [0.4, 0.5) is 11.5 Å². The van der Waals surface area contributed by atoms with Gasteiger partial charge in [0.2, 0.25) is 5.91 Å².